The van der Waals surface area contributed by atoms with Gasteiger partial charge in [-0.3, -0.25) is 0 Å². The standard InChI is InChI=1S/C10H7F3N2O/c1-5-14-8-6(3-2-4-7(8)16)9(15-5)10(11,12)13/h2-4,16H,1H3. The summed E-state index contributed by atoms with van der Waals surface area (Å²) in [4.78, 5) is 7.15. The van der Waals surface area contributed by atoms with Crippen LogP contribution in [0.2, 0.25) is 0 Å². The van der Waals surface area contributed by atoms with Crippen molar-refractivity contribution in [2.75, 3.05) is 0 Å². The van der Waals surface area contributed by atoms with Crippen molar-refractivity contribution in [3.05, 3.63) is 29.7 Å². The number of alkyl halides is 3. The molecule has 0 atom stereocenters. The van der Waals surface area contributed by atoms with Gasteiger partial charge in [0.1, 0.15) is 17.1 Å². The molecule has 84 valence electrons. The first kappa shape index (κ1) is 10.7. The topological polar surface area (TPSA) is 46.0 Å². The highest BCUT2D eigenvalue weighted by Crippen LogP contribution is 2.34. The zero-order valence-electron chi connectivity index (χ0n) is 8.21. The van der Waals surface area contributed by atoms with E-state index < -0.39 is 11.9 Å². The highest BCUT2D eigenvalue weighted by Gasteiger charge is 2.35. The predicted octanol–water partition coefficient (Wildman–Crippen LogP) is 2.66. The molecule has 0 radical (unpaired) electrons. The molecular weight excluding hydrogens is 221 g/mol. The Bertz CT molecular complexity index is 551. The molecule has 2 aromatic rings. The van der Waals surface area contributed by atoms with E-state index in [1.165, 1.54) is 25.1 Å². The number of aryl methyl sites for hydroxylation is 1. The van der Waals surface area contributed by atoms with Crippen molar-refractivity contribution in [2.24, 2.45) is 0 Å². The Morgan fingerprint density at radius 1 is 1.19 bits per heavy atom. The van der Waals surface area contributed by atoms with Gasteiger partial charge in [-0.25, -0.2) is 9.97 Å². The molecule has 1 N–H and O–H groups in total. The minimum Gasteiger partial charge on any atom is -0.506 e. The first-order valence-corrected chi connectivity index (χ1v) is 4.43. The summed E-state index contributed by atoms with van der Waals surface area (Å²) in [7, 11) is 0. The monoisotopic (exact) mass is 228 g/mol. The number of fused-ring (bicyclic) bond motifs is 1. The van der Waals surface area contributed by atoms with Crippen LogP contribution in [0.5, 0.6) is 5.75 Å². The molecule has 1 aromatic heterocycles. The van der Waals surface area contributed by atoms with E-state index in [-0.39, 0.29) is 22.5 Å². The van der Waals surface area contributed by atoms with Gasteiger partial charge in [0.25, 0.3) is 0 Å². The van der Waals surface area contributed by atoms with Gasteiger partial charge in [0.05, 0.1) is 0 Å². The fourth-order valence-electron chi connectivity index (χ4n) is 1.46. The second-order valence-corrected chi connectivity index (χ2v) is 3.29. The van der Waals surface area contributed by atoms with E-state index in [4.69, 9.17) is 0 Å². The van der Waals surface area contributed by atoms with Crippen molar-refractivity contribution in [3.8, 4) is 5.75 Å². The summed E-state index contributed by atoms with van der Waals surface area (Å²) in [5.41, 5.74) is -1.10. The number of benzene rings is 1. The van der Waals surface area contributed by atoms with E-state index >= 15 is 0 Å². The Hall–Kier alpha value is -1.85. The number of hydrogen-bond donors (Lipinski definition) is 1. The van der Waals surface area contributed by atoms with Gasteiger partial charge in [0, 0.05) is 5.39 Å². The molecular formula is C10H7F3N2O. The fourth-order valence-corrected chi connectivity index (χ4v) is 1.46. The van der Waals surface area contributed by atoms with Crippen LogP contribution in [0.4, 0.5) is 13.2 Å². The SMILES string of the molecule is Cc1nc(C(F)(F)F)c2cccc(O)c2n1. The lowest BCUT2D eigenvalue weighted by Crippen LogP contribution is -2.10. The number of phenolic OH excluding ortho intramolecular Hbond substituents is 1. The number of nitrogens with zero attached hydrogens (tertiary/aromatic N) is 2. The van der Waals surface area contributed by atoms with E-state index in [0.717, 1.165) is 0 Å². The molecule has 2 rings (SSSR count). The maximum atomic E-state index is 12.7. The van der Waals surface area contributed by atoms with Gasteiger partial charge in [0.15, 0.2) is 5.69 Å². The summed E-state index contributed by atoms with van der Waals surface area (Å²) in [5, 5.41) is 9.23. The Morgan fingerprint density at radius 2 is 1.88 bits per heavy atom. The molecule has 0 spiro atoms. The molecule has 0 amide bonds. The molecule has 0 saturated heterocycles. The Labute approximate surface area is 88.6 Å². The number of phenols is 1. The van der Waals surface area contributed by atoms with E-state index in [2.05, 4.69) is 9.97 Å². The zero-order chi connectivity index (χ0) is 11.9. The zero-order valence-corrected chi connectivity index (χ0v) is 8.21. The lowest BCUT2D eigenvalue weighted by atomic mass is 10.1. The molecule has 0 unspecified atom stereocenters. The number of rotatable bonds is 0. The fraction of sp³-hybridized carbons (Fsp3) is 0.200. The third kappa shape index (κ3) is 1.66. The molecule has 0 aliphatic heterocycles. The number of aromatic hydroxyl groups is 1. The van der Waals surface area contributed by atoms with Crippen molar-refractivity contribution < 1.29 is 18.3 Å². The Morgan fingerprint density at radius 3 is 2.50 bits per heavy atom. The molecule has 0 saturated carbocycles. The molecule has 6 heteroatoms. The molecule has 1 aromatic carbocycles. The second kappa shape index (κ2) is 3.33. The van der Waals surface area contributed by atoms with Crippen LogP contribution in [-0.4, -0.2) is 15.1 Å². The molecule has 0 bridgehead atoms. The van der Waals surface area contributed by atoms with E-state index in [1.807, 2.05) is 0 Å². The number of aromatic nitrogens is 2. The summed E-state index contributed by atoms with van der Waals surface area (Å²) < 4.78 is 38.0. The average Bonchev–Trinajstić information content (AvgIpc) is 2.17. The third-order valence-electron chi connectivity index (χ3n) is 2.09. The van der Waals surface area contributed by atoms with Gasteiger partial charge >= 0.3 is 6.18 Å². The third-order valence-corrected chi connectivity index (χ3v) is 2.09. The van der Waals surface area contributed by atoms with E-state index in [9.17, 15) is 18.3 Å². The summed E-state index contributed by atoms with van der Waals surface area (Å²) in [5.74, 6) is -0.310. The van der Waals surface area contributed by atoms with Crippen molar-refractivity contribution in [1.29, 1.82) is 0 Å². The minimum absolute atomic E-state index is 0.0266. The highest BCUT2D eigenvalue weighted by molar-refractivity contribution is 5.86. The molecule has 0 aliphatic rings. The van der Waals surface area contributed by atoms with Crippen LogP contribution in [-0.2, 0) is 6.18 Å². The van der Waals surface area contributed by atoms with Gasteiger partial charge in [-0.1, -0.05) is 12.1 Å². The quantitative estimate of drug-likeness (QED) is 0.753. The van der Waals surface area contributed by atoms with Crippen LogP contribution in [0.25, 0.3) is 10.9 Å². The smallest absolute Gasteiger partial charge is 0.434 e. The van der Waals surface area contributed by atoms with E-state index in [0.29, 0.717) is 0 Å². The van der Waals surface area contributed by atoms with Crippen molar-refractivity contribution >= 4 is 10.9 Å². The predicted molar refractivity (Wildman–Crippen MR) is 50.9 cm³/mol. The summed E-state index contributed by atoms with van der Waals surface area (Å²) in [6, 6.07) is 3.85. The summed E-state index contributed by atoms with van der Waals surface area (Å²) in [6.45, 7) is 1.35. The van der Waals surface area contributed by atoms with Crippen molar-refractivity contribution in [2.45, 2.75) is 13.1 Å². The second-order valence-electron chi connectivity index (χ2n) is 3.29. The largest absolute Gasteiger partial charge is 0.506 e. The summed E-state index contributed by atoms with van der Waals surface area (Å²) in [6.07, 6.45) is -4.56. The Kier molecular flexibility index (Phi) is 2.22. The van der Waals surface area contributed by atoms with Gasteiger partial charge in [0.2, 0.25) is 0 Å². The Balaban J connectivity index is 2.89. The van der Waals surface area contributed by atoms with Gasteiger partial charge in [-0.2, -0.15) is 13.2 Å². The lowest BCUT2D eigenvalue weighted by molar-refractivity contribution is -0.139. The first-order chi connectivity index (χ1) is 7.39. The van der Waals surface area contributed by atoms with Crippen molar-refractivity contribution in [3.63, 3.8) is 0 Å². The maximum absolute atomic E-state index is 12.7. The average molecular weight is 228 g/mol. The molecule has 0 fully saturated rings. The van der Waals surface area contributed by atoms with Crippen LogP contribution >= 0.6 is 0 Å². The van der Waals surface area contributed by atoms with Crippen LogP contribution in [0.3, 0.4) is 0 Å². The number of halogens is 3. The first-order valence-electron chi connectivity index (χ1n) is 4.43. The maximum Gasteiger partial charge on any atom is 0.434 e. The number of hydrogen-bond acceptors (Lipinski definition) is 3. The van der Waals surface area contributed by atoms with Crippen LogP contribution in [0.1, 0.15) is 11.5 Å². The highest BCUT2D eigenvalue weighted by atomic mass is 19.4. The minimum atomic E-state index is -4.56. The molecule has 0 aliphatic carbocycles. The van der Waals surface area contributed by atoms with Gasteiger partial charge in [-0.15, -0.1) is 0 Å². The molecule has 3 nitrogen and oxygen atoms in total. The van der Waals surface area contributed by atoms with Crippen LogP contribution in [0, 0.1) is 6.92 Å². The molecule has 1 heterocycles. The lowest BCUT2D eigenvalue weighted by Gasteiger charge is -2.10. The van der Waals surface area contributed by atoms with Crippen LogP contribution < -0.4 is 0 Å². The van der Waals surface area contributed by atoms with Crippen LogP contribution in [0.15, 0.2) is 18.2 Å². The van der Waals surface area contributed by atoms with Gasteiger partial charge in [-0.05, 0) is 13.0 Å². The number of para-hydroxylation sites is 1. The van der Waals surface area contributed by atoms with Gasteiger partial charge < -0.3 is 5.11 Å². The molecule has 16 heavy (non-hydrogen) atoms. The normalized spacial score (nSPS) is 12.0. The van der Waals surface area contributed by atoms with E-state index in [1.54, 1.807) is 0 Å². The summed E-state index contributed by atoms with van der Waals surface area (Å²) >= 11 is 0. The van der Waals surface area contributed by atoms with Crippen molar-refractivity contribution in [1.82, 2.24) is 9.97 Å².